The number of H-pyrrole nitrogens is 1. The lowest BCUT2D eigenvalue weighted by Gasteiger charge is -2.40. The summed E-state index contributed by atoms with van der Waals surface area (Å²) in [5.41, 5.74) is 1.59. The number of aromatic amines is 1. The van der Waals surface area contributed by atoms with E-state index in [0.717, 1.165) is 36.7 Å². The Morgan fingerprint density at radius 3 is 2.91 bits per heavy atom. The zero-order chi connectivity index (χ0) is 16.2. The molecule has 6 nitrogen and oxygen atoms in total. The van der Waals surface area contributed by atoms with Crippen molar-refractivity contribution in [2.75, 3.05) is 38.5 Å². The highest BCUT2D eigenvalue weighted by atomic mass is 16.2. The first-order chi connectivity index (χ1) is 11.2. The van der Waals surface area contributed by atoms with Crippen LogP contribution in [-0.4, -0.2) is 58.9 Å². The number of piperazine rings is 1. The second-order valence-corrected chi connectivity index (χ2v) is 5.67. The van der Waals surface area contributed by atoms with Crippen LogP contribution in [0.5, 0.6) is 0 Å². The standard InChI is InChI=1S/C17H23N5O/c1-3-21-10-11-22(12-15(21)16-19-8-9-20-16)17(23)13-6-4-5-7-14(13)18-2/h4-9,15,18H,3,10-12H2,1-2H3,(H,19,20)/t15-/m0/s1. The number of rotatable bonds is 4. The molecule has 1 aromatic carbocycles. The Balaban J connectivity index is 1.82. The number of hydrogen-bond donors (Lipinski definition) is 2. The Labute approximate surface area is 136 Å². The lowest BCUT2D eigenvalue weighted by molar-refractivity contribution is 0.0480. The summed E-state index contributed by atoms with van der Waals surface area (Å²) < 4.78 is 0. The van der Waals surface area contributed by atoms with E-state index in [1.54, 1.807) is 6.20 Å². The van der Waals surface area contributed by atoms with E-state index in [4.69, 9.17) is 0 Å². The lowest BCUT2D eigenvalue weighted by atomic mass is 10.1. The molecule has 122 valence electrons. The van der Waals surface area contributed by atoms with Gasteiger partial charge >= 0.3 is 0 Å². The number of benzene rings is 1. The molecule has 2 N–H and O–H groups in total. The number of imidazole rings is 1. The molecule has 0 unspecified atom stereocenters. The van der Waals surface area contributed by atoms with Crippen molar-refractivity contribution in [1.82, 2.24) is 19.8 Å². The summed E-state index contributed by atoms with van der Waals surface area (Å²) in [4.78, 5) is 24.8. The van der Waals surface area contributed by atoms with Crippen molar-refractivity contribution in [3.63, 3.8) is 0 Å². The minimum absolute atomic E-state index is 0.0715. The molecule has 1 aliphatic heterocycles. The molecule has 2 aromatic rings. The molecule has 0 aliphatic carbocycles. The van der Waals surface area contributed by atoms with Gasteiger partial charge in [0, 0.05) is 44.8 Å². The van der Waals surface area contributed by atoms with Gasteiger partial charge in [0.15, 0.2) is 0 Å². The van der Waals surface area contributed by atoms with Gasteiger partial charge in [-0.2, -0.15) is 0 Å². The maximum Gasteiger partial charge on any atom is 0.256 e. The van der Waals surface area contributed by atoms with Crippen LogP contribution in [0, 0.1) is 0 Å². The zero-order valence-electron chi connectivity index (χ0n) is 13.6. The third-order valence-corrected chi connectivity index (χ3v) is 4.45. The minimum atomic E-state index is 0.0715. The molecule has 1 saturated heterocycles. The van der Waals surface area contributed by atoms with Crippen molar-refractivity contribution in [3.8, 4) is 0 Å². The second-order valence-electron chi connectivity index (χ2n) is 5.67. The quantitative estimate of drug-likeness (QED) is 0.906. The summed E-state index contributed by atoms with van der Waals surface area (Å²) in [5, 5.41) is 3.10. The molecule has 1 aliphatic rings. The van der Waals surface area contributed by atoms with Crippen LogP contribution in [-0.2, 0) is 0 Å². The molecule has 1 fully saturated rings. The van der Waals surface area contributed by atoms with Crippen molar-refractivity contribution in [2.24, 2.45) is 0 Å². The highest BCUT2D eigenvalue weighted by molar-refractivity contribution is 5.99. The Kier molecular flexibility index (Phi) is 4.62. The van der Waals surface area contributed by atoms with Crippen molar-refractivity contribution in [2.45, 2.75) is 13.0 Å². The van der Waals surface area contributed by atoms with Gasteiger partial charge in [-0.15, -0.1) is 0 Å². The number of amides is 1. The number of aromatic nitrogens is 2. The van der Waals surface area contributed by atoms with E-state index in [1.807, 2.05) is 42.4 Å². The summed E-state index contributed by atoms with van der Waals surface area (Å²) >= 11 is 0. The smallest absolute Gasteiger partial charge is 0.256 e. The van der Waals surface area contributed by atoms with Gasteiger partial charge < -0.3 is 15.2 Å². The van der Waals surface area contributed by atoms with Crippen LogP contribution in [0.2, 0.25) is 0 Å². The Bertz CT molecular complexity index is 655. The number of likely N-dealkylation sites (N-methyl/N-ethyl adjacent to an activating group) is 1. The molecule has 0 radical (unpaired) electrons. The van der Waals surface area contributed by atoms with Crippen LogP contribution in [0.1, 0.15) is 29.1 Å². The lowest BCUT2D eigenvalue weighted by Crippen LogP contribution is -2.50. The van der Waals surface area contributed by atoms with Crippen molar-refractivity contribution >= 4 is 11.6 Å². The van der Waals surface area contributed by atoms with E-state index in [0.29, 0.717) is 6.54 Å². The predicted octanol–water partition coefficient (Wildman–Crippen LogP) is 1.97. The minimum Gasteiger partial charge on any atom is -0.387 e. The predicted molar refractivity (Wildman–Crippen MR) is 90.5 cm³/mol. The Hall–Kier alpha value is -2.34. The number of carbonyl (C=O) groups excluding carboxylic acids is 1. The average molecular weight is 313 g/mol. The number of nitrogens with one attached hydrogen (secondary N) is 2. The van der Waals surface area contributed by atoms with Gasteiger partial charge in [0.25, 0.3) is 5.91 Å². The van der Waals surface area contributed by atoms with Gasteiger partial charge in [0.1, 0.15) is 5.82 Å². The molecule has 6 heteroatoms. The SMILES string of the molecule is CCN1CCN(C(=O)c2ccccc2NC)C[C@H]1c1ncc[nH]1. The first-order valence-corrected chi connectivity index (χ1v) is 8.04. The van der Waals surface area contributed by atoms with E-state index in [2.05, 4.69) is 27.1 Å². The van der Waals surface area contributed by atoms with E-state index >= 15 is 0 Å². The fraction of sp³-hybridized carbons (Fsp3) is 0.412. The normalized spacial score (nSPS) is 18.9. The molecule has 0 saturated carbocycles. The molecule has 3 rings (SSSR count). The number of anilines is 1. The van der Waals surface area contributed by atoms with Gasteiger partial charge in [0.2, 0.25) is 0 Å². The molecule has 1 amide bonds. The number of carbonyl (C=O) groups is 1. The summed E-state index contributed by atoms with van der Waals surface area (Å²) in [6.07, 6.45) is 3.60. The van der Waals surface area contributed by atoms with Gasteiger partial charge in [-0.1, -0.05) is 19.1 Å². The third-order valence-electron chi connectivity index (χ3n) is 4.45. The molecule has 1 aromatic heterocycles. The van der Waals surface area contributed by atoms with Crippen LogP contribution < -0.4 is 5.32 Å². The van der Waals surface area contributed by atoms with E-state index < -0.39 is 0 Å². The molecule has 23 heavy (non-hydrogen) atoms. The highest BCUT2D eigenvalue weighted by Gasteiger charge is 2.32. The monoisotopic (exact) mass is 313 g/mol. The largest absolute Gasteiger partial charge is 0.387 e. The van der Waals surface area contributed by atoms with Crippen LogP contribution in [0.15, 0.2) is 36.7 Å². The number of para-hydroxylation sites is 1. The molecule has 0 bridgehead atoms. The van der Waals surface area contributed by atoms with Gasteiger partial charge in [-0.25, -0.2) is 4.98 Å². The second kappa shape index (κ2) is 6.83. The van der Waals surface area contributed by atoms with E-state index in [9.17, 15) is 4.79 Å². The number of hydrogen-bond acceptors (Lipinski definition) is 4. The highest BCUT2D eigenvalue weighted by Crippen LogP contribution is 2.25. The summed E-state index contributed by atoms with van der Waals surface area (Å²) in [6, 6.07) is 7.76. The van der Waals surface area contributed by atoms with Gasteiger partial charge in [0.05, 0.1) is 11.6 Å². The molecule has 1 atom stereocenters. The van der Waals surface area contributed by atoms with Crippen LogP contribution >= 0.6 is 0 Å². The Morgan fingerprint density at radius 2 is 2.22 bits per heavy atom. The van der Waals surface area contributed by atoms with Gasteiger partial charge in [-0.3, -0.25) is 9.69 Å². The maximum atomic E-state index is 12.9. The summed E-state index contributed by atoms with van der Waals surface area (Å²) in [5.74, 6) is 0.994. The number of nitrogens with zero attached hydrogens (tertiary/aromatic N) is 3. The van der Waals surface area contributed by atoms with E-state index in [1.165, 1.54) is 0 Å². The zero-order valence-corrected chi connectivity index (χ0v) is 13.6. The van der Waals surface area contributed by atoms with Crippen molar-refractivity contribution in [3.05, 3.63) is 48.0 Å². The van der Waals surface area contributed by atoms with Crippen LogP contribution in [0.25, 0.3) is 0 Å². The van der Waals surface area contributed by atoms with Gasteiger partial charge in [-0.05, 0) is 18.7 Å². The van der Waals surface area contributed by atoms with Crippen molar-refractivity contribution < 1.29 is 4.79 Å². The summed E-state index contributed by atoms with van der Waals surface area (Å²) in [6.45, 7) is 5.33. The molecule has 2 heterocycles. The molecular formula is C17H23N5O. The van der Waals surface area contributed by atoms with Crippen LogP contribution in [0.3, 0.4) is 0 Å². The van der Waals surface area contributed by atoms with Crippen molar-refractivity contribution in [1.29, 1.82) is 0 Å². The fourth-order valence-electron chi connectivity index (χ4n) is 3.16. The third kappa shape index (κ3) is 3.07. The summed E-state index contributed by atoms with van der Waals surface area (Å²) in [7, 11) is 1.84. The first kappa shape index (κ1) is 15.6. The average Bonchev–Trinajstić information content (AvgIpc) is 3.15. The fourth-order valence-corrected chi connectivity index (χ4v) is 3.16. The molecule has 0 spiro atoms. The maximum absolute atomic E-state index is 12.9. The topological polar surface area (TPSA) is 64.3 Å². The van der Waals surface area contributed by atoms with E-state index in [-0.39, 0.29) is 11.9 Å². The first-order valence-electron chi connectivity index (χ1n) is 8.04. The molecular weight excluding hydrogens is 290 g/mol. The van der Waals surface area contributed by atoms with Crippen LogP contribution in [0.4, 0.5) is 5.69 Å². The Morgan fingerprint density at radius 1 is 1.39 bits per heavy atom.